The third kappa shape index (κ3) is 3.30. The molecule has 3 nitrogen and oxygen atoms in total. The molecule has 2 rings (SSSR count). The zero-order valence-corrected chi connectivity index (χ0v) is 11.3. The van der Waals surface area contributed by atoms with Gasteiger partial charge in [0.25, 0.3) is 0 Å². The lowest BCUT2D eigenvalue weighted by Gasteiger charge is -2.16. The van der Waals surface area contributed by atoms with Gasteiger partial charge < -0.3 is 4.52 Å². The van der Waals surface area contributed by atoms with E-state index in [1.165, 1.54) is 44.9 Å². The first kappa shape index (κ1) is 12.6. The first-order chi connectivity index (χ1) is 8.07. The topological polar surface area (TPSA) is 38.9 Å². The normalized spacial score (nSPS) is 19.9. The standard InChI is InChI=1S/C14H24N2O/c1-14(2,3)13-15-12(17-16-13)11-9-7-5-4-6-8-10-11/h11H,4-10H2,1-3H3. The molecule has 1 fully saturated rings. The van der Waals surface area contributed by atoms with E-state index in [2.05, 4.69) is 30.9 Å². The van der Waals surface area contributed by atoms with E-state index in [9.17, 15) is 0 Å². The number of hydrogen-bond donors (Lipinski definition) is 0. The lowest BCUT2D eigenvalue weighted by molar-refractivity contribution is 0.317. The van der Waals surface area contributed by atoms with Gasteiger partial charge in [0.1, 0.15) is 0 Å². The van der Waals surface area contributed by atoms with Gasteiger partial charge in [-0.15, -0.1) is 0 Å². The van der Waals surface area contributed by atoms with Crippen molar-refractivity contribution in [3.8, 4) is 0 Å². The van der Waals surface area contributed by atoms with Crippen molar-refractivity contribution >= 4 is 0 Å². The molecule has 0 radical (unpaired) electrons. The Labute approximate surface area is 104 Å². The maximum absolute atomic E-state index is 5.47. The van der Waals surface area contributed by atoms with Crippen molar-refractivity contribution in [2.75, 3.05) is 0 Å². The third-order valence-corrected chi connectivity index (χ3v) is 3.57. The first-order valence-corrected chi connectivity index (χ1v) is 6.91. The number of hydrogen-bond acceptors (Lipinski definition) is 3. The summed E-state index contributed by atoms with van der Waals surface area (Å²) in [5.74, 6) is 2.21. The molecule has 0 bridgehead atoms. The Morgan fingerprint density at radius 2 is 1.59 bits per heavy atom. The molecule has 1 aliphatic carbocycles. The van der Waals surface area contributed by atoms with Gasteiger partial charge in [-0.3, -0.25) is 0 Å². The van der Waals surface area contributed by atoms with E-state index in [-0.39, 0.29) is 5.41 Å². The van der Waals surface area contributed by atoms with Gasteiger partial charge in [0, 0.05) is 11.3 Å². The van der Waals surface area contributed by atoms with Crippen LogP contribution in [0.2, 0.25) is 0 Å². The van der Waals surface area contributed by atoms with Crippen LogP contribution in [0, 0.1) is 0 Å². The van der Waals surface area contributed by atoms with Crippen LogP contribution in [0.25, 0.3) is 0 Å². The summed E-state index contributed by atoms with van der Waals surface area (Å²) in [5, 5.41) is 4.13. The Morgan fingerprint density at radius 3 is 2.12 bits per heavy atom. The molecule has 1 aromatic rings. The van der Waals surface area contributed by atoms with Gasteiger partial charge in [0.15, 0.2) is 5.82 Å². The predicted molar refractivity (Wildman–Crippen MR) is 68.1 cm³/mol. The highest BCUT2D eigenvalue weighted by atomic mass is 16.5. The summed E-state index contributed by atoms with van der Waals surface area (Å²) >= 11 is 0. The Hall–Kier alpha value is -0.860. The van der Waals surface area contributed by atoms with Crippen LogP contribution in [-0.4, -0.2) is 10.1 Å². The molecule has 96 valence electrons. The van der Waals surface area contributed by atoms with Crippen molar-refractivity contribution in [1.29, 1.82) is 0 Å². The molecule has 0 saturated heterocycles. The highest BCUT2D eigenvalue weighted by Crippen LogP contribution is 2.31. The largest absolute Gasteiger partial charge is 0.339 e. The van der Waals surface area contributed by atoms with Crippen LogP contribution in [0.1, 0.15) is 83.3 Å². The molecule has 1 aliphatic rings. The molecule has 0 amide bonds. The van der Waals surface area contributed by atoms with Crippen LogP contribution < -0.4 is 0 Å². The predicted octanol–water partition coefficient (Wildman–Crippen LogP) is 4.20. The first-order valence-electron chi connectivity index (χ1n) is 6.91. The van der Waals surface area contributed by atoms with E-state index in [1.807, 2.05) is 0 Å². The molecular weight excluding hydrogens is 212 g/mol. The Balaban J connectivity index is 2.07. The zero-order valence-electron chi connectivity index (χ0n) is 11.3. The highest BCUT2D eigenvalue weighted by Gasteiger charge is 2.25. The van der Waals surface area contributed by atoms with Crippen LogP contribution in [-0.2, 0) is 5.41 Å². The average molecular weight is 236 g/mol. The lowest BCUT2D eigenvalue weighted by atomic mass is 9.91. The van der Waals surface area contributed by atoms with Gasteiger partial charge in [0.05, 0.1) is 0 Å². The SMILES string of the molecule is CC(C)(C)c1noc(C2CCCCCCC2)n1. The summed E-state index contributed by atoms with van der Waals surface area (Å²) in [7, 11) is 0. The summed E-state index contributed by atoms with van der Waals surface area (Å²) in [4.78, 5) is 4.60. The van der Waals surface area contributed by atoms with Crippen LogP contribution in [0.15, 0.2) is 4.52 Å². The van der Waals surface area contributed by atoms with E-state index in [1.54, 1.807) is 0 Å². The summed E-state index contributed by atoms with van der Waals surface area (Å²) in [6.45, 7) is 6.37. The van der Waals surface area contributed by atoms with Crippen molar-refractivity contribution < 1.29 is 4.52 Å². The molecule has 0 spiro atoms. The Morgan fingerprint density at radius 1 is 1.00 bits per heavy atom. The molecule has 1 heterocycles. The number of aromatic nitrogens is 2. The molecule has 17 heavy (non-hydrogen) atoms. The van der Waals surface area contributed by atoms with Gasteiger partial charge in [-0.25, -0.2) is 0 Å². The van der Waals surface area contributed by atoms with Crippen molar-refractivity contribution in [2.45, 2.75) is 77.0 Å². The zero-order chi connectivity index (χ0) is 12.3. The van der Waals surface area contributed by atoms with Gasteiger partial charge in [-0.1, -0.05) is 58.0 Å². The smallest absolute Gasteiger partial charge is 0.229 e. The van der Waals surface area contributed by atoms with Crippen LogP contribution in [0.4, 0.5) is 0 Å². The highest BCUT2D eigenvalue weighted by molar-refractivity contribution is 5.02. The maximum atomic E-state index is 5.47. The molecule has 1 saturated carbocycles. The molecular formula is C14H24N2O. The van der Waals surface area contributed by atoms with E-state index >= 15 is 0 Å². The fourth-order valence-corrected chi connectivity index (χ4v) is 2.41. The van der Waals surface area contributed by atoms with Gasteiger partial charge >= 0.3 is 0 Å². The second kappa shape index (κ2) is 5.19. The van der Waals surface area contributed by atoms with Gasteiger partial charge in [-0.2, -0.15) is 4.98 Å². The average Bonchev–Trinajstić information content (AvgIpc) is 2.65. The fourth-order valence-electron chi connectivity index (χ4n) is 2.41. The Kier molecular flexibility index (Phi) is 3.85. The monoisotopic (exact) mass is 236 g/mol. The van der Waals surface area contributed by atoms with E-state index < -0.39 is 0 Å². The van der Waals surface area contributed by atoms with Crippen molar-refractivity contribution in [1.82, 2.24) is 10.1 Å². The van der Waals surface area contributed by atoms with Crippen molar-refractivity contribution in [3.63, 3.8) is 0 Å². The minimum Gasteiger partial charge on any atom is -0.339 e. The van der Waals surface area contributed by atoms with Gasteiger partial charge in [0.2, 0.25) is 5.89 Å². The summed E-state index contributed by atoms with van der Waals surface area (Å²) in [5.41, 5.74) is -0.0105. The molecule has 0 atom stereocenters. The van der Waals surface area contributed by atoms with Crippen molar-refractivity contribution in [3.05, 3.63) is 11.7 Å². The molecule has 0 aromatic carbocycles. The molecule has 0 unspecified atom stereocenters. The van der Waals surface area contributed by atoms with E-state index in [0.29, 0.717) is 5.92 Å². The number of rotatable bonds is 1. The number of nitrogens with zero attached hydrogens (tertiary/aromatic N) is 2. The van der Waals surface area contributed by atoms with Crippen LogP contribution >= 0.6 is 0 Å². The minimum absolute atomic E-state index is 0.0105. The molecule has 0 N–H and O–H groups in total. The Bertz CT molecular complexity index is 343. The fraction of sp³-hybridized carbons (Fsp3) is 0.857. The van der Waals surface area contributed by atoms with E-state index in [4.69, 9.17) is 4.52 Å². The second-order valence-corrected chi connectivity index (χ2v) is 6.25. The van der Waals surface area contributed by atoms with Crippen LogP contribution in [0.5, 0.6) is 0 Å². The quantitative estimate of drug-likeness (QED) is 0.733. The minimum atomic E-state index is -0.0105. The summed E-state index contributed by atoms with van der Waals surface area (Å²) < 4.78 is 5.47. The summed E-state index contributed by atoms with van der Waals surface area (Å²) in [6, 6.07) is 0. The summed E-state index contributed by atoms with van der Waals surface area (Å²) in [6.07, 6.45) is 9.14. The lowest BCUT2D eigenvalue weighted by Crippen LogP contribution is -2.13. The molecule has 3 heteroatoms. The van der Waals surface area contributed by atoms with Crippen LogP contribution in [0.3, 0.4) is 0 Å². The third-order valence-electron chi connectivity index (χ3n) is 3.57. The van der Waals surface area contributed by atoms with Gasteiger partial charge in [-0.05, 0) is 12.8 Å². The second-order valence-electron chi connectivity index (χ2n) is 6.25. The van der Waals surface area contributed by atoms with E-state index in [0.717, 1.165) is 11.7 Å². The molecule has 0 aliphatic heterocycles. The maximum Gasteiger partial charge on any atom is 0.229 e. The van der Waals surface area contributed by atoms with Crippen molar-refractivity contribution in [2.24, 2.45) is 0 Å². The molecule has 1 aromatic heterocycles.